The van der Waals surface area contributed by atoms with Crippen molar-refractivity contribution in [3.05, 3.63) is 53.0 Å². The summed E-state index contributed by atoms with van der Waals surface area (Å²) >= 11 is 0. The van der Waals surface area contributed by atoms with Crippen molar-refractivity contribution in [2.24, 2.45) is 0 Å². The number of amides is 1. The second-order valence-corrected chi connectivity index (χ2v) is 9.73. The summed E-state index contributed by atoms with van der Waals surface area (Å²) in [5, 5.41) is 0. The quantitative estimate of drug-likeness (QED) is 0.675. The Morgan fingerprint density at radius 1 is 0.909 bits per heavy atom. The van der Waals surface area contributed by atoms with Crippen molar-refractivity contribution in [1.82, 2.24) is 24.7 Å². The first kappa shape index (κ1) is 23.6. The molecular formula is C26H38N6O. The van der Waals surface area contributed by atoms with E-state index in [1.54, 1.807) is 0 Å². The van der Waals surface area contributed by atoms with Gasteiger partial charge in [0.1, 0.15) is 11.6 Å². The van der Waals surface area contributed by atoms with Crippen LogP contribution >= 0.6 is 0 Å². The van der Waals surface area contributed by atoms with Crippen molar-refractivity contribution in [2.75, 3.05) is 63.8 Å². The minimum atomic E-state index is 0.263. The summed E-state index contributed by atoms with van der Waals surface area (Å²) < 4.78 is 0. The van der Waals surface area contributed by atoms with E-state index in [9.17, 15) is 4.79 Å². The SMILES string of the molecule is Cc1cc(N2CCN(CC(=O)N3CCN(Cc4ccccc4C)CC3)CC2)nc(C(C)C)n1. The van der Waals surface area contributed by atoms with Gasteiger partial charge in [-0.05, 0) is 25.0 Å². The molecule has 0 atom stereocenters. The van der Waals surface area contributed by atoms with E-state index >= 15 is 0 Å². The van der Waals surface area contributed by atoms with E-state index in [1.165, 1.54) is 11.1 Å². The van der Waals surface area contributed by atoms with Gasteiger partial charge in [-0.2, -0.15) is 0 Å². The largest absolute Gasteiger partial charge is 0.354 e. The van der Waals surface area contributed by atoms with Crippen LogP contribution in [-0.4, -0.2) is 89.5 Å². The van der Waals surface area contributed by atoms with Crippen LogP contribution in [0.15, 0.2) is 30.3 Å². The van der Waals surface area contributed by atoms with Gasteiger partial charge in [-0.25, -0.2) is 9.97 Å². The van der Waals surface area contributed by atoms with Crippen LogP contribution in [0.2, 0.25) is 0 Å². The molecule has 178 valence electrons. The standard InChI is InChI=1S/C26H38N6O/c1-20(2)26-27-22(4)17-24(28-26)31-13-9-30(10-14-31)19-25(33)32-15-11-29(12-16-32)18-23-8-6-5-7-21(23)3/h5-8,17,20H,9-16,18-19H2,1-4H3. The van der Waals surface area contributed by atoms with Gasteiger partial charge in [0.25, 0.3) is 0 Å². The predicted octanol–water partition coefficient (Wildman–Crippen LogP) is 2.68. The number of anilines is 1. The second-order valence-electron chi connectivity index (χ2n) is 9.73. The molecule has 0 bridgehead atoms. The zero-order valence-electron chi connectivity index (χ0n) is 20.6. The summed E-state index contributed by atoms with van der Waals surface area (Å²) in [6.07, 6.45) is 0. The number of aromatic nitrogens is 2. The Morgan fingerprint density at radius 3 is 2.24 bits per heavy atom. The zero-order valence-corrected chi connectivity index (χ0v) is 20.6. The van der Waals surface area contributed by atoms with Gasteiger partial charge in [-0.3, -0.25) is 14.6 Å². The highest BCUT2D eigenvalue weighted by atomic mass is 16.2. The highest BCUT2D eigenvalue weighted by Gasteiger charge is 2.25. The number of benzene rings is 1. The van der Waals surface area contributed by atoms with Crippen LogP contribution in [0.1, 0.15) is 42.4 Å². The van der Waals surface area contributed by atoms with Crippen molar-refractivity contribution in [1.29, 1.82) is 0 Å². The van der Waals surface area contributed by atoms with Crippen molar-refractivity contribution >= 4 is 11.7 Å². The number of carbonyl (C=O) groups is 1. The van der Waals surface area contributed by atoms with E-state index in [0.29, 0.717) is 12.5 Å². The Bertz CT molecular complexity index is 946. The lowest BCUT2D eigenvalue weighted by Crippen LogP contribution is -2.53. The maximum atomic E-state index is 12.9. The van der Waals surface area contributed by atoms with Gasteiger partial charge in [-0.15, -0.1) is 0 Å². The van der Waals surface area contributed by atoms with E-state index in [2.05, 4.69) is 70.8 Å². The summed E-state index contributed by atoms with van der Waals surface area (Å²) in [4.78, 5) is 31.4. The maximum absolute atomic E-state index is 12.9. The highest BCUT2D eigenvalue weighted by molar-refractivity contribution is 5.78. The Hall–Kier alpha value is -2.51. The van der Waals surface area contributed by atoms with Crippen molar-refractivity contribution in [3.63, 3.8) is 0 Å². The fourth-order valence-corrected chi connectivity index (χ4v) is 4.60. The topological polar surface area (TPSA) is 55.8 Å². The molecule has 1 aromatic heterocycles. The molecule has 0 unspecified atom stereocenters. The number of hydrogen-bond donors (Lipinski definition) is 0. The van der Waals surface area contributed by atoms with Gasteiger partial charge < -0.3 is 9.80 Å². The fraction of sp³-hybridized carbons (Fsp3) is 0.577. The first-order valence-electron chi connectivity index (χ1n) is 12.3. The maximum Gasteiger partial charge on any atom is 0.236 e. The summed E-state index contributed by atoms with van der Waals surface area (Å²) in [7, 11) is 0. The zero-order chi connectivity index (χ0) is 23.4. The fourth-order valence-electron chi connectivity index (χ4n) is 4.60. The molecule has 2 aromatic rings. The lowest BCUT2D eigenvalue weighted by molar-refractivity contribution is -0.134. The van der Waals surface area contributed by atoms with Crippen molar-refractivity contribution in [2.45, 2.75) is 40.2 Å². The van der Waals surface area contributed by atoms with Gasteiger partial charge >= 0.3 is 0 Å². The Morgan fingerprint density at radius 2 is 1.58 bits per heavy atom. The van der Waals surface area contributed by atoms with Gasteiger partial charge in [0.15, 0.2) is 0 Å². The number of piperazine rings is 2. The van der Waals surface area contributed by atoms with E-state index in [4.69, 9.17) is 4.98 Å². The number of carbonyl (C=O) groups excluding carboxylic acids is 1. The normalized spacial score (nSPS) is 18.2. The molecule has 0 spiro atoms. The molecule has 0 aliphatic carbocycles. The van der Waals surface area contributed by atoms with E-state index in [0.717, 1.165) is 76.2 Å². The molecule has 7 heteroatoms. The van der Waals surface area contributed by atoms with Crippen LogP contribution in [0.3, 0.4) is 0 Å². The molecule has 2 aliphatic rings. The van der Waals surface area contributed by atoms with Gasteiger partial charge in [0.05, 0.1) is 6.54 Å². The molecule has 2 fully saturated rings. The van der Waals surface area contributed by atoms with Crippen LogP contribution in [-0.2, 0) is 11.3 Å². The molecule has 3 heterocycles. The third kappa shape index (κ3) is 6.09. The van der Waals surface area contributed by atoms with Crippen LogP contribution in [0.4, 0.5) is 5.82 Å². The molecule has 33 heavy (non-hydrogen) atoms. The lowest BCUT2D eigenvalue weighted by Gasteiger charge is -2.38. The number of nitrogens with zero attached hydrogens (tertiary/aromatic N) is 6. The van der Waals surface area contributed by atoms with Crippen molar-refractivity contribution in [3.8, 4) is 0 Å². The Kier molecular flexibility index (Phi) is 7.60. The molecule has 0 saturated carbocycles. The van der Waals surface area contributed by atoms with Crippen LogP contribution in [0.25, 0.3) is 0 Å². The molecular weight excluding hydrogens is 412 g/mol. The Balaban J connectivity index is 1.23. The van der Waals surface area contributed by atoms with Crippen molar-refractivity contribution < 1.29 is 4.79 Å². The average Bonchev–Trinajstić information content (AvgIpc) is 2.81. The van der Waals surface area contributed by atoms with Gasteiger partial charge in [0, 0.05) is 76.6 Å². The molecule has 2 aliphatic heterocycles. The molecule has 7 nitrogen and oxygen atoms in total. The van der Waals surface area contributed by atoms with E-state index in [-0.39, 0.29) is 5.91 Å². The van der Waals surface area contributed by atoms with Crippen LogP contribution in [0.5, 0.6) is 0 Å². The van der Waals surface area contributed by atoms with E-state index < -0.39 is 0 Å². The smallest absolute Gasteiger partial charge is 0.236 e. The summed E-state index contributed by atoms with van der Waals surface area (Å²) in [6, 6.07) is 10.6. The third-order valence-corrected chi connectivity index (χ3v) is 6.81. The van der Waals surface area contributed by atoms with Gasteiger partial charge in [0.2, 0.25) is 5.91 Å². The summed E-state index contributed by atoms with van der Waals surface area (Å²) in [5.74, 6) is 2.50. The minimum Gasteiger partial charge on any atom is -0.354 e. The van der Waals surface area contributed by atoms with Crippen LogP contribution in [0, 0.1) is 13.8 Å². The number of rotatable bonds is 6. The molecule has 0 N–H and O–H groups in total. The average molecular weight is 451 g/mol. The number of hydrogen-bond acceptors (Lipinski definition) is 6. The van der Waals surface area contributed by atoms with Gasteiger partial charge in [-0.1, -0.05) is 38.1 Å². The molecule has 1 aromatic carbocycles. The second kappa shape index (κ2) is 10.6. The predicted molar refractivity (Wildman–Crippen MR) is 133 cm³/mol. The summed E-state index contributed by atoms with van der Waals surface area (Å²) in [5.41, 5.74) is 3.74. The minimum absolute atomic E-state index is 0.263. The lowest BCUT2D eigenvalue weighted by atomic mass is 10.1. The van der Waals surface area contributed by atoms with Crippen LogP contribution < -0.4 is 4.90 Å². The molecule has 0 radical (unpaired) electrons. The third-order valence-electron chi connectivity index (χ3n) is 6.81. The van der Waals surface area contributed by atoms with E-state index in [1.807, 2.05) is 11.8 Å². The Labute approximate surface area is 198 Å². The molecule has 4 rings (SSSR count). The first-order chi connectivity index (χ1) is 15.9. The number of aryl methyl sites for hydroxylation is 2. The highest BCUT2D eigenvalue weighted by Crippen LogP contribution is 2.19. The summed E-state index contributed by atoms with van der Waals surface area (Å²) in [6.45, 7) is 17.0. The monoisotopic (exact) mass is 450 g/mol. The molecule has 1 amide bonds. The first-order valence-corrected chi connectivity index (χ1v) is 12.3. The molecule has 2 saturated heterocycles.